The van der Waals surface area contributed by atoms with Gasteiger partial charge in [-0.1, -0.05) is 54.6 Å². The zero-order chi connectivity index (χ0) is 23.8. The molecule has 4 aromatic rings. The lowest BCUT2D eigenvalue weighted by molar-refractivity contribution is -0.115. The predicted octanol–water partition coefficient (Wildman–Crippen LogP) is 5.00. The van der Waals surface area contributed by atoms with Gasteiger partial charge in [-0.25, -0.2) is 4.98 Å². The molecule has 1 heterocycles. The first-order chi connectivity index (χ1) is 16.6. The Hall–Kier alpha value is -4.65. The van der Waals surface area contributed by atoms with Gasteiger partial charge in [0.05, 0.1) is 19.2 Å². The number of nitrogens with one attached hydrogen (secondary N) is 2. The molecule has 1 amide bonds. The van der Waals surface area contributed by atoms with E-state index >= 15 is 0 Å². The van der Waals surface area contributed by atoms with Crippen molar-refractivity contribution < 1.29 is 9.53 Å². The van der Waals surface area contributed by atoms with Gasteiger partial charge in [0.15, 0.2) is 11.8 Å². The summed E-state index contributed by atoms with van der Waals surface area (Å²) in [5, 5.41) is 5.95. The van der Waals surface area contributed by atoms with Crippen LogP contribution in [0.3, 0.4) is 0 Å². The summed E-state index contributed by atoms with van der Waals surface area (Å²) in [4.78, 5) is 21.0. The number of carbonyl (C=O) groups is 1. The number of nitrogens with zero attached hydrogens (tertiary/aromatic N) is 2. The number of aliphatic imine (C=N–C) groups is 1. The number of nitrogens with two attached hydrogens (primary N) is 1. The molecular weight excluding hydrogens is 426 g/mol. The first kappa shape index (κ1) is 22.5. The lowest BCUT2D eigenvalue weighted by atomic mass is 10.1. The van der Waals surface area contributed by atoms with E-state index in [1.54, 1.807) is 19.4 Å². The molecule has 34 heavy (non-hydrogen) atoms. The number of benzene rings is 3. The molecule has 0 saturated carbocycles. The van der Waals surface area contributed by atoms with Crippen molar-refractivity contribution >= 4 is 29.1 Å². The summed E-state index contributed by atoms with van der Waals surface area (Å²) in [6.45, 7) is 0. The number of ether oxygens (including phenoxy) is 1. The van der Waals surface area contributed by atoms with Crippen LogP contribution < -0.4 is 21.1 Å². The van der Waals surface area contributed by atoms with Crippen molar-refractivity contribution in [3.05, 3.63) is 103 Å². The van der Waals surface area contributed by atoms with E-state index in [1.165, 1.54) is 0 Å². The van der Waals surface area contributed by atoms with E-state index in [2.05, 4.69) is 20.6 Å². The summed E-state index contributed by atoms with van der Waals surface area (Å²) in [7, 11) is 1.60. The minimum atomic E-state index is -0.0536. The van der Waals surface area contributed by atoms with Gasteiger partial charge >= 0.3 is 0 Å². The molecule has 0 unspecified atom stereocenters. The second-order valence-electron chi connectivity index (χ2n) is 7.52. The molecule has 4 rings (SSSR count). The van der Waals surface area contributed by atoms with E-state index in [0.717, 1.165) is 28.1 Å². The molecule has 0 aliphatic carbocycles. The highest BCUT2D eigenvalue weighted by molar-refractivity contribution is 5.95. The summed E-state index contributed by atoms with van der Waals surface area (Å²) >= 11 is 0. The first-order valence-electron chi connectivity index (χ1n) is 10.8. The second-order valence-corrected chi connectivity index (χ2v) is 7.52. The molecule has 1 aromatic heterocycles. The van der Waals surface area contributed by atoms with Gasteiger partial charge in [0.1, 0.15) is 5.75 Å². The molecular formula is C27H25N5O2. The molecule has 0 bridgehead atoms. The van der Waals surface area contributed by atoms with Crippen molar-refractivity contribution in [1.82, 2.24) is 4.98 Å². The Morgan fingerprint density at radius 3 is 2.29 bits per heavy atom. The molecule has 4 N–H and O–H groups in total. The number of amides is 1. The van der Waals surface area contributed by atoms with Crippen LogP contribution >= 0.6 is 0 Å². The van der Waals surface area contributed by atoms with Crippen molar-refractivity contribution in [2.24, 2.45) is 10.7 Å². The van der Waals surface area contributed by atoms with Crippen molar-refractivity contribution in [3.63, 3.8) is 0 Å². The Balaban J connectivity index is 1.37. The predicted molar refractivity (Wildman–Crippen MR) is 136 cm³/mol. The number of guanidine groups is 1. The molecule has 0 spiro atoms. The van der Waals surface area contributed by atoms with Crippen LogP contribution in [0.15, 0.2) is 102 Å². The highest BCUT2D eigenvalue weighted by Gasteiger charge is 2.06. The number of hydrogen-bond donors (Lipinski definition) is 3. The van der Waals surface area contributed by atoms with Crippen LogP contribution in [-0.2, 0) is 11.2 Å². The van der Waals surface area contributed by atoms with Crippen LogP contribution in [0, 0.1) is 0 Å². The number of methoxy groups -OCH3 is 1. The maximum Gasteiger partial charge on any atom is 0.228 e. The Bertz CT molecular complexity index is 1270. The summed E-state index contributed by atoms with van der Waals surface area (Å²) in [6.07, 6.45) is 2.07. The maximum absolute atomic E-state index is 12.3. The smallest absolute Gasteiger partial charge is 0.228 e. The topological polar surface area (TPSA) is 102 Å². The molecule has 0 atom stereocenters. The van der Waals surface area contributed by atoms with E-state index in [0.29, 0.717) is 18.0 Å². The molecule has 0 fully saturated rings. The Morgan fingerprint density at radius 2 is 1.59 bits per heavy atom. The van der Waals surface area contributed by atoms with Crippen LogP contribution in [0.1, 0.15) is 5.56 Å². The Labute approximate surface area is 198 Å². The fourth-order valence-electron chi connectivity index (χ4n) is 3.39. The van der Waals surface area contributed by atoms with E-state index in [9.17, 15) is 4.79 Å². The minimum absolute atomic E-state index is 0.0536. The first-order valence-corrected chi connectivity index (χ1v) is 10.8. The highest BCUT2D eigenvalue weighted by Crippen LogP contribution is 2.24. The van der Waals surface area contributed by atoms with Crippen LogP contribution in [-0.4, -0.2) is 24.0 Å². The highest BCUT2D eigenvalue weighted by atomic mass is 16.5. The van der Waals surface area contributed by atoms with Crippen LogP contribution in [0.4, 0.5) is 17.2 Å². The molecule has 7 nitrogen and oxygen atoms in total. The Kier molecular flexibility index (Phi) is 7.15. The van der Waals surface area contributed by atoms with Crippen molar-refractivity contribution in [2.45, 2.75) is 6.42 Å². The van der Waals surface area contributed by atoms with Gasteiger partial charge in [-0.3, -0.25) is 4.79 Å². The number of para-hydroxylation sites is 2. The van der Waals surface area contributed by atoms with Gasteiger partial charge in [0.25, 0.3) is 0 Å². The lowest BCUT2D eigenvalue weighted by Gasteiger charge is -2.10. The molecule has 0 aliphatic heterocycles. The minimum Gasteiger partial charge on any atom is -0.495 e. The number of anilines is 2. The average Bonchev–Trinajstić information content (AvgIpc) is 2.86. The van der Waals surface area contributed by atoms with Gasteiger partial charge < -0.3 is 21.1 Å². The summed E-state index contributed by atoms with van der Waals surface area (Å²) in [5.41, 5.74) is 10.4. The van der Waals surface area contributed by atoms with E-state index in [-0.39, 0.29) is 11.9 Å². The third-order valence-corrected chi connectivity index (χ3v) is 5.06. The van der Waals surface area contributed by atoms with Gasteiger partial charge in [-0.05, 0) is 47.5 Å². The fourth-order valence-corrected chi connectivity index (χ4v) is 3.39. The standard InChI is InChI=1S/C27H25N5O2/c1-34-24-10-6-5-9-23(24)31-27(28)32-25-16-13-21(18-29-25)20-11-14-22(15-12-20)30-26(33)17-19-7-3-2-4-8-19/h2-16,18H,17H2,1H3,(H,30,33)(H3,28,29,31,32). The number of hydrogen-bond acceptors (Lipinski definition) is 4. The fraction of sp³-hybridized carbons (Fsp3) is 0.0741. The zero-order valence-corrected chi connectivity index (χ0v) is 18.7. The van der Waals surface area contributed by atoms with E-state index in [4.69, 9.17) is 10.5 Å². The second kappa shape index (κ2) is 10.8. The molecule has 7 heteroatoms. The number of pyridine rings is 1. The van der Waals surface area contributed by atoms with Crippen LogP contribution in [0.2, 0.25) is 0 Å². The summed E-state index contributed by atoms with van der Waals surface area (Å²) < 4.78 is 5.31. The molecule has 0 aliphatic rings. The SMILES string of the molecule is COc1ccccc1NC(N)=Nc1ccc(-c2ccc(NC(=O)Cc3ccccc3)cc2)cn1. The van der Waals surface area contributed by atoms with Gasteiger partial charge in [-0.2, -0.15) is 4.99 Å². The third kappa shape index (κ3) is 5.98. The maximum atomic E-state index is 12.3. The largest absolute Gasteiger partial charge is 0.495 e. The van der Waals surface area contributed by atoms with Gasteiger partial charge in [0.2, 0.25) is 5.91 Å². The Morgan fingerprint density at radius 1 is 0.882 bits per heavy atom. The zero-order valence-electron chi connectivity index (χ0n) is 18.7. The number of carbonyl (C=O) groups excluding carboxylic acids is 1. The summed E-state index contributed by atoms with van der Waals surface area (Å²) in [6, 6.07) is 28.4. The quantitative estimate of drug-likeness (QED) is 0.271. The third-order valence-electron chi connectivity index (χ3n) is 5.06. The average molecular weight is 452 g/mol. The number of rotatable bonds is 7. The molecule has 170 valence electrons. The molecule has 3 aromatic carbocycles. The van der Waals surface area contributed by atoms with Crippen molar-refractivity contribution in [2.75, 3.05) is 17.7 Å². The van der Waals surface area contributed by atoms with Crippen molar-refractivity contribution in [1.29, 1.82) is 0 Å². The van der Waals surface area contributed by atoms with Gasteiger partial charge in [-0.15, -0.1) is 0 Å². The monoisotopic (exact) mass is 451 g/mol. The van der Waals surface area contributed by atoms with Crippen LogP contribution in [0.25, 0.3) is 11.1 Å². The van der Waals surface area contributed by atoms with Gasteiger partial charge in [0, 0.05) is 17.4 Å². The van der Waals surface area contributed by atoms with Crippen molar-refractivity contribution in [3.8, 4) is 16.9 Å². The van der Waals surface area contributed by atoms with E-state index < -0.39 is 0 Å². The lowest BCUT2D eigenvalue weighted by Crippen LogP contribution is -2.22. The van der Waals surface area contributed by atoms with E-state index in [1.807, 2.05) is 84.9 Å². The molecule has 0 saturated heterocycles. The normalized spacial score (nSPS) is 11.0. The summed E-state index contributed by atoms with van der Waals surface area (Å²) in [5.74, 6) is 1.31. The molecule has 0 radical (unpaired) electrons. The number of aromatic nitrogens is 1. The van der Waals surface area contributed by atoms with Crippen LogP contribution in [0.5, 0.6) is 5.75 Å².